The van der Waals surface area contributed by atoms with E-state index in [4.69, 9.17) is 0 Å². The normalized spacial score (nSPS) is 15.7. The Morgan fingerprint density at radius 2 is 1.89 bits per heavy atom. The minimum Gasteiger partial charge on any atom is -0.358 e. The van der Waals surface area contributed by atoms with Gasteiger partial charge < -0.3 is 19.6 Å². The zero-order valence-corrected chi connectivity index (χ0v) is 14.9. The molecule has 1 aliphatic rings. The van der Waals surface area contributed by atoms with E-state index in [9.17, 15) is 27.7 Å². The summed E-state index contributed by atoms with van der Waals surface area (Å²) in [7, 11) is -3.98. The van der Waals surface area contributed by atoms with Crippen LogP contribution >= 0.6 is 0 Å². The number of carbonyl (C=O) groups is 1. The molecule has 1 aromatic carbocycles. The molecule has 0 saturated carbocycles. The van der Waals surface area contributed by atoms with Gasteiger partial charge in [-0.25, -0.2) is 12.8 Å². The number of amides is 1. The second-order valence-electron chi connectivity index (χ2n) is 5.88. The van der Waals surface area contributed by atoms with E-state index in [0.29, 0.717) is 0 Å². The average Bonchev–Trinajstić information content (AvgIpc) is 3.11. The van der Waals surface area contributed by atoms with Gasteiger partial charge in [0, 0.05) is 26.2 Å². The lowest BCUT2D eigenvalue weighted by Gasteiger charge is -2.34. The molecule has 0 radical (unpaired) electrons. The molecule has 0 atom stereocenters. The molecule has 2 heterocycles. The maximum absolute atomic E-state index is 13.8. The lowest BCUT2D eigenvalue weighted by molar-refractivity contribution is -0.389. The summed E-state index contributed by atoms with van der Waals surface area (Å²) < 4.78 is 41.3. The number of hydrogen-bond acceptors (Lipinski definition) is 6. The molecular weight excluding hydrogens is 381 g/mol. The van der Waals surface area contributed by atoms with Gasteiger partial charge in [-0.05, 0) is 22.0 Å². The molecular formula is C15H16FN5O5S. The molecule has 144 valence electrons. The zero-order valence-electron chi connectivity index (χ0n) is 14.1. The van der Waals surface area contributed by atoms with E-state index in [2.05, 4.69) is 4.98 Å². The second kappa shape index (κ2) is 7.40. The average molecular weight is 397 g/mol. The molecule has 3 rings (SSSR count). The minimum atomic E-state index is -3.98. The zero-order chi connectivity index (χ0) is 19.6. The van der Waals surface area contributed by atoms with Gasteiger partial charge in [0.1, 0.15) is 23.5 Å². The standard InChI is InChI=1S/C15H16FN5O5S/c16-12-3-1-2-4-13(12)27(25,26)20-7-5-19(6-8-20)15(22)10-18-9-14(17-11-18)21(23)24/h1-4,9,11H,5-8,10H2. The molecule has 1 aromatic heterocycles. The molecule has 1 saturated heterocycles. The van der Waals surface area contributed by atoms with Crippen LogP contribution in [0.3, 0.4) is 0 Å². The van der Waals surface area contributed by atoms with E-state index in [0.717, 1.165) is 16.6 Å². The summed E-state index contributed by atoms with van der Waals surface area (Å²) in [4.78, 5) is 26.9. The highest BCUT2D eigenvalue weighted by molar-refractivity contribution is 7.89. The first-order valence-electron chi connectivity index (χ1n) is 7.97. The molecule has 27 heavy (non-hydrogen) atoms. The molecule has 1 fully saturated rings. The first-order valence-corrected chi connectivity index (χ1v) is 9.41. The summed E-state index contributed by atoms with van der Waals surface area (Å²) in [6, 6.07) is 5.14. The third kappa shape index (κ3) is 3.95. The molecule has 10 nitrogen and oxygen atoms in total. The molecule has 0 unspecified atom stereocenters. The Bertz CT molecular complexity index is 968. The molecule has 12 heteroatoms. The molecule has 0 spiro atoms. The van der Waals surface area contributed by atoms with Crippen molar-refractivity contribution in [2.24, 2.45) is 0 Å². The summed E-state index contributed by atoms with van der Waals surface area (Å²) in [6.45, 7) is 0.215. The quantitative estimate of drug-likeness (QED) is 0.534. The summed E-state index contributed by atoms with van der Waals surface area (Å²) in [5.41, 5.74) is 0. The lowest BCUT2D eigenvalue weighted by atomic mass is 10.3. The number of imidazole rings is 1. The lowest BCUT2D eigenvalue weighted by Crippen LogP contribution is -2.51. The SMILES string of the molecule is O=C(Cn1cnc([N+](=O)[O-])c1)N1CCN(S(=O)(=O)c2ccccc2F)CC1. The third-order valence-corrected chi connectivity index (χ3v) is 6.10. The van der Waals surface area contributed by atoms with Crippen molar-refractivity contribution in [1.29, 1.82) is 0 Å². The van der Waals surface area contributed by atoms with Crippen LogP contribution < -0.4 is 0 Å². The highest BCUT2D eigenvalue weighted by Crippen LogP contribution is 2.20. The van der Waals surface area contributed by atoms with E-state index < -0.39 is 25.7 Å². The number of aromatic nitrogens is 2. The largest absolute Gasteiger partial charge is 0.381 e. The number of nitro groups is 1. The van der Waals surface area contributed by atoms with E-state index in [1.807, 2.05) is 0 Å². The Morgan fingerprint density at radius 3 is 2.48 bits per heavy atom. The second-order valence-corrected chi connectivity index (χ2v) is 7.78. The van der Waals surface area contributed by atoms with Gasteiger partial charge in [-0.1, -0.05) is 12.1 Å². The molecule has 0 bridgehead atoms. The summed E-state index contributed by atoms with van der Waals surface area (Å²) in [5.74, 6) is -1.49. The van der Waals surface area contributed by atoms with Crippen molar-refractivity contribution in [1.82, 2.24) is 18.8 Å². The van der Waals surface area contributed by atoms with Gasteiger partial charge >= 0.3 is 5.82 Å². The van der Waals surface area contributed by atoms with Gasteiger partial charge in [-0.3, -0.25) is 4.79 Å². The van der Waals surface area contributed by atoms with Crippen LogP contribution in [0.4, 0.5) is 10.2 Å². The van der Waals surface area contributed by atoms with Crippen LogP contribution in [0, 0.1) is 15.9 Å². The highest BCUT2D eigenvalue weighted by atomic mass is 32.2. The van der Waals surface area contributed by atoms with E-state index in [1.54, 1.807) is 0 Å². The number of hydrogen-bond donors (Lipinski definition) is 0. The minimum absolute atomic E-state index is 0.0342. The number of sulfonamides is 1. The Hall–Kier alpha value is -2.86. The van der Waals surface area contributed by atoms with Crippen LogP contribution in [0.5, 0.6) is 0 Å². The van der Waals surface area contributed by atoms with E-state index in [1.165, 1.54) is 34.0 Å². The maximum Gasteiger partial charge on any atom is 0.381 e. The van der Waals surface area contributed by atoms with Gasteiger partial charge in [0.15, 0.2) is 0 Å². The highest BCUT2D eigenvalue weighted by Gasteiger charge is 2.31. The van der Waals surface area contributed by atoms with Crippen LogP contribution in [0.2, 0.25) is 0 Å². The fourth-order valence-electron chi connectivity index (χ4n) is 2.76. The number of halogens is 1. The van der Waals surface area contributed by atoms with Crippen molar-refractivity contribution in [3.8, 4) is 0 Å². The fraction of sp³-hybridized carbons (Fsp3) is 0.333. The Labute approximate surface area is 154 Å². The van der Waals surface area contributed by atoms with Gasteiger partial charge in [-0.2, -0.15) is 4.31 Å². The van der Waals surface area contributed by atoms with Crippen LogP contribution in [-0.4, -0.2) is 64.2 Å². The van der Waals surface area contributed by atoms with Crippen LogP contribution in [0.25, 0.3) is 0 Å². The fourth-order valence-corrected chi connectivity index (χ4v) is 4.24. The number of nitrogens with zero attached hydrogens (tertiary/aromatic N) is 5. The number of rotatable bonds is 5. The predicted molar refractivity (Wildman–Crippen MR) is 90.6 cm³/mol. The Morgan fingerprint density at radius 1 is 1.22 bits per heavy atom. The van der Waals surface area contributed by atoms with Gasteiger partial charge in [0.2, 0.25) is 22.3 Å². The first-order chi connectivity index (χ1) is 12.8. The van der Waals surface area contributed by atoms with E-state index in [-0.39, 0.29) is 44.4 Å². The van der Waals surface area contributed by atoms with E-state index >= 15 is 0 Å². The van der Waals surface area contributed by atoms with Crippen molar-refractivity contribution < 1.29 is 22.5 Å². The Kier molecular flexibility index (Phi) is 5.19. The van der Waals surface area contributed by atoms with Crippen molar-refractivity contribution in [2.45, 2.75) is 11.4 Å². The number of piperazine rings is 1. The van der Waals surface area contributed by atoms with Crippen molar-refractivity contribution in [2.75, 3.05) is 26.2 Å². The Balaban J connectivity index is 1.62. The summed E-state index contributed by atoms with van der Waals surface area (Å²) in [5, 5.41) is 10.6. The summed E-state index contributed by atoms with van der Waals surface area (Å²) >= 11 is 0. The van der Waals surface area contributed by atoms with Crippen LogP contribution in [0.1, 0.15) is 0 Å². The maximum atomic E-state index is 13.8. The topological polar surface area (TPSA) is 119 Å². The van der Waals surface area contributed by atoms with Gasteiger partial charge in [0.25, 0.3) is 0 Å². The van der Waals surface area contributed by atoms with Gasteiger partial charge in [-0.15, -0.1) is 0 Å². The molecule has 0 aliphatic carbocycles. The third-order valence-electron chi connectivity index (χ3n) is 4.17. The van der Waals surface area contributed by atoms with Crippen LogP contribution in [-0.2, 0) is 21.4 Å². The number of carbonyl (C=O) groups excluding carboxylic acids is 1. The molecule has 1 aliphatic heterocycles. The predicted octanol–water partition coefficient (Wildman–Crippen LogP) is 0.463. The smallest absolute Gasteiger partial charge is 0.358 e. The molecule has 2 aromatic rings. The molecule has 1 amide bonds. The monoisotopic (exact) mass is 397 g/mol. The van der Waals surface area contributed by atoms with Crippen LogP contribution in [0.15, 0.2) is 41.7 Å². The van der Waals surface area contributed by atoms with Crippen molar-refractivity contribution in [3.63, 3.8) is 0 Å². The van der Waals surface area contributed by atoms with Crippen molar-refractivity contribution >= 4 is 21.7 Å². The molecule has 0 N–H and O–H groups in total. The summed E-state index contributed by atoms with van der Waals surface area (Å²) in [6.07, 6.45) is 2.34. The van der Waals surface area contributed by atoms with Gasteiger partial charge in [0.05, 0.1) is 0 Å². The number of benzene rings is 1. The van der Waals surface area contributed by atoms with Crippen molar-refractivity contribution in [3.05, 3.63) is 52.7 Å². The first kappa shape index (κ1) is 18.9.